The Labute approximate surface area is 177 Å². The van der Waals surface area contributed by atoms with Crippen LogP contribution in [0.15, 0.2) is 35.7 Å². The lowest BCUT2D eigenvalue weighted by Crippen LogP contribution is -2.48. The second kappa shape index (κ2) is 6.99. The molecule has 2 heterocycles. The molecule has 2 aromatic heterocycles. The molecule has 0 aliphatic heterocycles. The molecule has 4 aliphatic carbocycles. The third-order valence-corrected chi connectivity index (χ3v) is 9.09. The molecule has 4 aliphatic rings. The molecule has 0 unspecified atom stereocenters. The highest BCUT2D eigenvalue weighted by atomic mass is 32.1. The fourth-order valence-electron chi connectivity index (χ4n) is 7.38. The largest absolute Gasteiger partial charge is 0.354 e. The molecule has 4 saturated carbocycles. The van der Waals surface area contributed by atoms with Gasteiger partial charge < -0.3 is 10.7 Å². The van der Waals surface area contributed by atoms with Crippen molar-refractivity contribution in [2.24, 2.45) is 23.5 Å². The molecule has 3 heteroatoms. The molecule has 4 fully saturated rings. The van der Waals surface area contributed by atoms with Gasteiger partial charge in [-0.15, -0.1) is 11.3 Å². The zero-order valence-corrected chi connectivity index (χ0v) is 18.1. The first-order valence-corrected chi connectivity index (χ1v) is 12.5. The van der Waals surface area contributed by atoms with E-state index in [4.69, 9.17) is 5.73 Å². The van der Waals surface area contributed by atoms with Crippen LogP contribution in [0.3, 0.4) is 0 Å². The normalized spacial score (nSPS) is 30.4. The molecule has 0 saturated heterocycles. The Morgan fingerprint density at radius 2 is 1.76 bits per heavy atom. The highest BCUT2D eigenvalue weighted by molar-refractivity contribution is 7.13. The minimum atomic E-state index is 0.470. The molecule has 3 aromatic rings. The predicted octanol–water partition coefficient (Wildman–Crippen LogP) is 6.65. The second-order valence-electron chi connectivity index (χ2n) is 10.2. The van der Waals surface area contributed by atoms with E-state index in [0.29, 0.717) is 5.41 Å². The number of nitrogens with one attached hydrogen (secondary N) is 1. The van der Waals surface area contributed by atoms with Gasteiger partial charge in [0.05, 0.1) is 10.6 Å². The number of rotatable bonds is 6. The molecule has 0 atom stereocenters. The first-order chi connectivity index (χ1) is 14.2. The lowest BCUT2D eigenvalue weighted by Gasteiger charge is -2.57. The number of fused-ring (bicyclic) bond motifs is 1. The van der Waals surface area contributed by atoms with Gasteiger partial charge in [0.25, 0.3) is 0 Å². The average molecular weight is 405 g/mol. The van der Waals surface area contributed by atoms with Crippen LogP contribution >= 0.6 is 11.3 Å². The zero-order valence-electron chi connectivity index (χ0n) is 17.3. The summed E-state index contributed by atoms with van der Waals surface area (Å²) in [6, 6.07) is 11.9. The molecular weight excluding hydrogens is 372 g/mol. The van der Waals surface area contributed by atoms with Gasteiger partial charge in [0.1, 0.15) is 0 Å². The first-order valence-electron chi connectivity index (χ1n) is 11.6. The number of unbranched alkanes of at least 4 members (excludes halogenated alkanes) is 1. The van der Waals surface area contributed by atoms with Gasteiger partial charge >= 0.3 is 0 Å². The number of nitrogens with two attached hydrogens (primary N) is 1. The van der Waals surface area contributed by atoms with Crippen molar-refractivity contribution in [2.75, 3.05) is 6.54 Å². The van der Waals surface area contributed by atoms with Gasteiger partial charge in [-0.2, -0.15) is 0 Å². The summed E-state index contributed by atoms with van der Waals surface area (Å²) in [5, 5.41) is 3.66. The quantitative estimate of drug-likeness (QED) is 0.444. The molecule has 0 amide bonds. The maximum absolute atomic E-state index is 5.80. The summed E-state index contributed by atoms with van der Waals surface area (Å²) in [4.78, 5) is 5.14. The maximum Gasteiger partial charge on any atom is 0.0598 e. The number of thiophene rings is 1. The van der Waals surface area contributed by atoms with Crippen molar-refractivity contribution >= 4 is 22.2 Å². The van der Waals surface area contributed by atoms with E-state index >= 15 is 0 Å². The van der Waals surface area contributed by atoms with Crippen LogP contribution in [0.2, 0.25) is 0 Å². The van der Waals surface area contributed by atoms with Crippen molar-refractivity contribution in [1.82, 2.24) is 4.98 Å². The van der Waals surface area contributed by atoms with Crippen molar-refractivity contribution in [3.63, 3.8) is 0 Å². The third kappa shape index (κ3) is 3.00. The molecule has 0 radical (unpaired) electrons. The third-order valence-electron chi connectivity index (χ3n) is 8.21. The minimum absolute atomic E-state index is 0.470. The van der Waals surface area contributed by atoms with E-state index in [0.717, 1.165) is 37.1 Å². The van der Waals surface area contributed by atoms with Crippen LogP contribution in [0, 0.1) is 17.8 Å². The molecule has 4 bridgehead atoms. The minimum Gasteiger partial charge on any atom is -0.354 e. The molecular formula is C26H32N2S. The Morgan fingerprint density at radius 3 is 2.41 bits per heavy atom. The Balaban J connectivity index is 1.44. The summed E-state index contributed by atoms with van der Waals surface area (Å²) in [6.07, 6.45) is 12.2. The van der Waals surface area contributed by atoms with Crippen molar-refractivity contribution in [2.45, 2.75) is 63.2 Å². The zero-order chi connectivity index (χ0) is 19.4. The fraction of sp³-hybridized carbons (Fsp3) is 0.538. The first kappa shape index (κ1) is 18.2. The number of aromatic nitrogens is 1. The van der Waals surface area contributed by atoms with E-state index in [1.54, 1.807) is 5.56 Å². The topological polar surface area (TPSA) is 41.8 Å². The summed E-state index contributed by atoms with van der Waals surface area (Å²) in [6.45, 7) is 0.787. The predicted molar refractivity (Wildman–Crippen MR) is 123 cm³/mol. The summed E-state index contributed by atoms with van der Waals surface area (Å²) < 4.78 is 0. The standard InChI is InChI=1S/C26H32N2S/c27-8-2-1-4-21-22-13-20(6-7-23(22)28-25(21)24-5-3-9-29-24)26-14-17-10-18(15-26)12-19(11-17)16-26/h3,5-7,9,13,17-19,28H,1-2,4,8,10-12,14-16,27H2. The number of benzene rings is 1. The van der Waals surface area contributed by atoms with E-state index in [1.807, 2.05) is 11.3 Å². The molecule has 0 spiro atoms. The number of aromatic amines is 1. The maximum atomic E-state index is 5.80. The van der Waals surface area contributed by atoms with Gasteiger partial charge in [-0.25, -0.2) is 0 Å². The van der Waals surface area contributed by atoms with Crippen LogP contribution in [0.5, 0.6) is 0 Å². The molecule has 29 heavy (non-hydrogen) atoms. The van der Waals surface area contributed by atoms with Crippen LogP contribution in [-0.2, 0) is 11.8 Å². The number of hydrogen-bond acceptors (Lipinski definition) is 2. The Morgan fingerprint density at radius 1 is 1.00 bits per heavy atom. The number of H-pyrrole nitrogens is 1. The van der Waals surface area contributed by atoms with E-state index < -0.39 is 0 Å². The van der Waals surface area contributed by atoms with Gasteiger partial charge in [-0.05, 0) is 122 Å². The monoisotopic (exact) mass is 404 g/mol. The highest BCUT2D eigenvalue weighted by Crippen LogP contribution is 2.61. The number of aryl methyl sites for hydroxylation is 1. The summed E-state index contributed by atoms with van der Waals surface area (Å²) in [5.74, 6) is 2.98. The van der Waals surface area contributed by atoms with E-state index in [2.05, 4.69) is 40.7 Å². The smallest absolute Gasteiger partial charge is 0.0598 e. The second-order valence-corrected chi connectivity index (χ2v) is 11.1. The van der Waals surface area contributed by atoms with Gasteiger partial charge in [0.15, 0.2) is 0 Å². The highest BCUT2D eigenvalue weighted by Gasteiger charge is 2.51. The van der Waals surface area contributed by atoms with Crippen LogP contribution in [0.4, 0.5) is 0 Å². The van der Waals surface area contributed by atoms with Gasteiger partial charge in [-0.1, -0.05) is 12.1 Å². The van der Waals surface area contributed by atoms with Crippen molar-refractivity contribution in [3.05, 3.63) is 46.8 Å². The molecule has 7 rings (SSSR count). The summed E-state index contributed by atoms with van der Waals surface area (Å²) >= 11 is 1.84. The number of hydrogen-bond donors (Lipinski definition) is 2. The summed E-state index contributed by atoms with van der Waals surface area (Å²) in [5.41, 5.74) is 12.1. The van der Waals surface area contributed by atoms with Gasteiger partial charge in [-0.3, -0.25) is 0 Å². The van der Waals surface area contributed by atoms with Gasteiger partial charge in [0.2, 0.25) is 0 Å². The van der Waals surface area contributed by atoms with E-state index in [-0.39, 0.29) is 0 Å². The van der Waals surface area contributed by atoms with Crippen LogP contribution in [-0.4, -0.2) is 11.5 Å². The molecule has 152 valence electrons. The van der Waals surface area contributed by atoms with Gasteiger partial charge in [0, 0.05) is 10.9 Å². The molecule has 2 nitrogen and oxygen atoms in total. The van der Waals surface area contributed by atoms with E-state index in [1.165, 1.54) is 72.0 Å². The molecule has 1 aromatic carbocycles. The Hall–Kier alpha value is -1.58. The van der Waals surface area contributed by atoms with Crippen molar-refractivity contribution < 1.29 is 0 Å². The SMILES string of the molecule is NCCCCc1c(-c2cccs2)[nH]c2ccc(C34CC5CC(CC(C5)C3)C4)cc12. The van der Waals surface area contributed by atoms with Crippen molar-refractivity contribution in [1.29, 1.82) is 0 Å². The lowest BCUT2D eigenvalue weighted by atomic mass is 9.48. The Bertz CT molecular complexity index is 978. The van der Waals surface area contributed by atoms with Crippen molar-refractivity contribution in [3.8, 4) is 10.6 Å². The van der Waals surface area contributed by atoms with Crippen LogP contribution < -0.4 is 5.73 Å². The van der Waals surface area contributed by atoms with Crippen LogP contribution in [0.25, 0.3) is 21.5 Å². The lowest BCUT2D eigenvalue weighted by molar-refractivity contribution is -0.00513. The molecule has 3 N–H and O–H groups in total. The summed E-state index contributed by atoms with van der Waals surface area (Å²) in [7, 11) is 0. The average Bonchev–Trinajstić information content (AvgIpc) is 3.35. The van der Waals surface area contributed by atoms with E-state index in [9.17, 15) is 0 Å². The fourth-order valence-corrected chi connectivity index (χ4v) is 8.13. The van der Waals surface area contributed by atoms with Crippen LogP contribution in [0.1, 0.15) is 62.5 Å². The Kier molecular flexibility index (Phi) is 4.39.